The number of hydrogen-bond donors (Lipinski definition) is 0. The van der Waals surface area contributed by atoms with Crippen molar-refractivity contribution in [2.45, 2.75) is 26.2 Å². The first-order chi connectivity index (χ1) is 13.2. The van der Waals surface area contributed by atoms with Crippen LogP contribution in [0.5, 0.6) is 5.75 Å². The molecule has 27 heavy (non-hydrogen) atoms. The second-order valence-corrected chi connectivity index (χ2v) is 7.14. The number of hydrogen-bond acceptors (Lipinski definition) is 4. The molecule has 0 radical (unpaired) electrons. The van der Waals surface area contributed by atoms with Crippen LogP contribution >= 0.6 is 0 Å². The van der Waals surface area contributed by atoms with Gasteiger partial charge in [-0.2, -0.15) is 0 Å². The third-order valence-corrected chi connectivity index (χ3v) is 5.23. The third-order valence-electron chi connectivity index (χ3n) is 5.23. The maximum Gasteiger partial charge on any atom is 0.200 e. The highest BCUT2D eigenvalue weighted by Gasteiger charge is 2.14. The van der Waals surface area contributed by atoms with Gasteiger partial charge in [0.25, 0.3) is 0 Å². The van der Waals surface area contributed by atoms with E-state index in [-0.39, 0.29) is 5.43 Å². The van der Waals surface area contributed by atoms with E-state index in [0.717, 1.165) is 30.9 Å². The highest BCUT2D eigenvalue weighted by atomic mass is 16.5. The van der Waals surface area contributed by atoms with E-state index in [4.69, 9.17) is 9.15 Å². The molecular formula is C23H25NO3. The second kappa shape index (κ2) is 7.97. The molecule has 1 fully saturated rings. The Hall–Kier alpha value is -2.59. The van der Waals surface area contributed by atoms with Gasteiger partial charge in [0.2, 0.25) is 5.43 Å². The van der Waals surface area contributed by atoms with E-state index in [0.29, 0.717) is 28.9 Å². The molecule has 0 N–H and O–H groups in total. The summed E-state index contributed by atoms with van der Waals surface area (Å²) in [5, 5.41) is 0.586. The largest absolute Gasteiger partial charge is 0.492 e. The number of ether oxygens (including phenoxy) is 1. The number of aryl methyl sites for hydroxylation is 1. The van der Waals surface area contributed by atoms with Gasteiger partial charge in [-0.3, -0.25) is 9.69 Å². The van der Waals surface area contributed by atoms with Crippen LogP contribution in [0.4, 0.5) is 0 Å². The van der Waals surface area contributed by atoms with Crippen molar-refractivity contribution in [3.63, 3.8) is 0 Å². The Morgan fingerprint density at radius 2 is 1.81 bits per heavy atom. The molecule has 3 aromatic rings. The molecule has 0 atom stereocenters. The average molecular weight is 363 g/mol. The first-order valence-corrected chi connectivity index (χ1v) is 9.70. The number of piperidine rings is 1. The van der Waals surface area contributed by atoms with Gasteiger partial charge in [0, 0.05) is 12.6 Å². The van der Waals surface area contributed by atoms with Gasteiger partial charge in [-0.15, -0.1) is 0 Å². The normalized spacial score (nSPS) is 15.1. The molecule has 0 spiro atoms. The lowest BCUT2D eigenvalue weighted by atomic mass is 10.0. The maximum absolute atomic E-state index is 13.0. The lowest BCUT2D eigenvalue weighted by molar-refractivity contribution is 0.183. The smallest absolute Gasteiger partial charge is 0.200 e. The number of rotatable bonds is 5. The van der Waals surface area contributed by atoms with E-state index in [1.165, 1.54) is 19.3 Å². The fraction of sp³-hybridized carbons (Fsp3) is 0.348. The van der Waals surface area contributed by atoms with Crippen LogP contribution < -0.4 is 10.2 Å². The molecule has 2 aromatic carbocycles. The molecule has 0 amide bonds. The molecule has 4 nitrogen and oxygen atoms in total. The predicted molar refractivity (Wildman–Crippen MR) is 108 cm³/mol. The minimum atomic E-state index is -0.000170. The SMILES string of the molecule is Cc1oc2cc(OCCN3CCCCC3)ccc2c(=O)c1-c1ccccc1. The number of benzene rings is 2. The zero-order valence-electron chi connectivity index (χ0n) is 15.7. The summed E-state index contributed by atoms with van der Waals surface area (Å²) in [6, 6.07) is 15.2. The predicted octanol–water partition coefficient (Wildman–Crippen LogP) is 4.63. The van der Waals surface area contributed by atoms with Gasteiger partial charge in [0.05, 0.1) is 10.9 Å². The van der Waals surface area contributed by atoms with Crippen LogP contribution in [-0.4, -0.2) is 31.1 Å². The molecule has 0 bridgehead atoms. The first-order valence-electron chi connectivity index (χ1n) is 9.70. The molecule has 0 aliphatic carbocycles. The van der Waals surface area contributed by atoms with Crippen molar-refractivity contribution in [1.82, 2.24) is 4.90 Å². The highest BCUT2D eigenvalue weighted by Crippen LogP contribution is 2.26. The van der Waals surface area contributed by atoms with Crippen LogP contribution in [0.15, 0.2) is 57.7 Å². The fourth-order valence-electron chi connectivity index (χ4n) is 3.79. The summed E-state index contributed by atoms with van der Waals surface area (Å²) in [6.07, 6.45) is 3.90. The lowest BCUT2D eigenvalue weighted by Gasteiger charge is -2.26. The molecule has 0 saturated carbocycles. The Morgan fingerprint density at radius 1 is 1.04 bits per heavy atom. The third kappa shape index (κ3) is 3.91. The molecule has 4 heteroatoms. The summed E-state index contributed by atoms with van der Waals surface area (Å²) in [7, 11) is 0. The van der Waals surface area contributed by atoms with Crippen molar-refractivity contribution in [3.05, 3.63) is 64.5 Å². The maximum atomic E-state index is 13.0. The number of nitrogens with zero attached hydrogens (tertiary/aromatic N) is 1. The van der Waals surface area contributed by atoms with Crippen LogP contribution in [-0.2, 0) is 0 Å². The first kappa shape index (κ1) is 17.8. The summed E-state index contributed by atoms with van der Waals surface area (Å²) < 4.78 is 11.9. The average Bonchev–Trinajstić information content (AvgIpc) is 2.69. The van der Waals surface area contributed by atoms with Crippen molar-refractivity contribution < 1.29 is 9.15 Å². The Kier molecular flexibility index (Phi) is 5.26. The topological polar surface area (TPSA) is 42.7 Å². The quantitative estimate of drug-likeness (QED) is 0.663. The molecule has 2 heterocycles. The summed E-state index contributed by atoms with van der Waals surface area (Å²) >= 11 is 0. The monoisotopic (exact) mass is 363 g/mol. The van der Waals surface area contributed by atoms with Crippen LogP contribution in [0, 0.1) is 6.92 Å². The fourth-order valence-corrected chi connectivity index (χ4v) is 3.79. The molecule has 4 rings (SSSR count). The zero-order chi connectivity index (χ0) is 18.6. The number of likely N-dealkylation sites (tertiary alicyclic amines) is 1. The second-order valence-electron chi connectivity index (χ2n) is 7.14. The standard InChI is InChI=1S/C23H25NO3/c1-17-22(18-8-4-2-5-9-18)23(25)20-11-10-19(16-21(20)27-17)26-15-14-24-12-6-3-7-13-24/h2,4-5,8-11,16H,3,6-7,12-15H2,1H3. The van der Waals surface area contributed by atoms with Gasteiger partial charge in [-0.05, 0) is 50.6 Å². The summed E-state index contributed by atoms with van der Waals surface area (Å²) in [5.74, 6) is 1.37. The molecule has 1 aliphatic rings. The van der Waals surface area contributed by atoms with Gasteiger partial charge >= 0.3 is 0 Å². The van der Waals surface area contributed by atoms with E-state index >= 15 is 0 Å². The van der Waals surface area contributed by atoms with Crippen molar-refractivity contribution >= 4 is 11.0 Å². The van der Waals surface area contributed by atoms with Crippen LogP contribution in [0.1, 0.15) is 25.0 Å². The highest BCUT2D eigenvalue weighted by molar-refractivity contribution is 5.83. The van der Waals surface area contributed by atoms with E-state index in [1.807, 2.05) is 55.5 Å². The van der Waals surface area contributed by atoms with Gasteiger partial charge in [0.1, 0.15) is 23.7 Å². The Balaban J connectivity index is 1.55. The molecule has 0 unspecified atom stereocenters. The van der Waals surface area contributed by atoms with Gasteiger partial charge in [0.15, 0.2) is 0 Å². The zero-order valence-corrected chi connectivity index (χ0v) is 15.7. The van der Waals surface area contributed by atoms with Gasteiger partial charge in [-0.1, -0.05) is 36.8 Å². The summed E-state index contributed by atoms with van der Waals surface area (Å²) in [6.45, 7) is 5.76. The van der Waals surface area contributed by atoms with Crippen molar-refractivity contribution in [2.75, 3.05) is 26.2 Å². The van der Waals surface area contributed by atoms with Crippen LogP contribution in [0.2, 0.25) is 0 Å². The number of fused-ring (bicyclic) bond motifs is 1. The lowest BCUT2D eigenvalue weighted by Crippen LogP contribution is -2.33. The Morgan fingerprint density at radius 3 is 2.59 bits per heavy atom. The van der Waals surface area contributed by atoms with Gasteiger partial charge in [-0.25, -0.2) is 0 Å². The minimum absolute atomic E-state index is 0.000170. The molecule has 1 saturated heterocycles. The summed E-state index contributed by atoms with van der Waals surface area (Å²) in [5.41, 5.74) is 2.09. The molecular weight excluding hydrogens is 338 g/mol. The van der Waals surface area contributed by atoms with Crippen molar-refractivity contribution in [1.29, 1.82) is 0 Å². The Labute approximate surface area is 159 Å². The van der Waals surface area contributed by atoms with E-state index in [1.54, 1.807) is 0 Å². The summed E-state index contributed by atoms with van der Waals surface area (Å²) in [4.78, 5) is 15.4. The molecule has 140 valence electrons. The van der Waals surface area contributed by atoms with E-state index in [9.17, 15) is 4.79 Å². The van der Waals surface area contributed by atoms with E-state index in [2.05, 4.69) is 4.90 Å². The van der Waals surface area contributed by atoms with Gasteiger partial charge < -0.3 is 9.15 Å². The van der Waals surface area contributed by atoms with E-state index < -0.39 is 0 Å². The van der Waals surface area contributed by atoms with Crippen molar-refractivity contribution in [3.8, 4) is 16.9 Å². The van der Waals surface area contributed by atoms with Crippen LogP contribution in [0.3, 0.4) is 0 Å². The molecule has 1 aliphatic heterocycles. The Bertz CT molecular complexity index is 972. The molecule has 1 aromatic heterocycles. The van der Waals surface area contributed by atoms with Crippen LogP contribution in [0.25, 0.3) is 22.1 Å². The minimum Gasteiger partial charge on any atom is -0.492 e. The van der Waals surface area contributed by atoms with Crippen molar-refractivity contribution in [2.24, 2.45) is 0 Å².